The van der Waals surface area contributed by atoms with Crippen molar-refractivity contribution >= 4 is 45.4 Å². The maximum Gasteiger partial charge on any atom is 0.337 e. The lowest BCUT2D eigenvalue weighted by molar-refractivity contribution is -0.126. The van der Waals surface area contributed by atoms with Crippen molar-refractivity contribution in [2.75, 3.05) is 7.11 Å². The van der Waals surface area contributed by atoms with Gasteiger partial charge in [-0.3, -0.25) is 4.79 Å². The Morgan fingerprint density at radius 3 is 2.39 bits per heavy atom. The van der Waals surface area contributed by atoms with Gasteiger partial charge < -0.3 is 19.4 Å². The van der Waals surface area contributed by atoms with Gasteiger partial charge in [0.15, 0.2) is 13.3 Å². The van der Waals surface area contributed by atoms with Gasteiger partial charge >= 0.3 is 16.1 Å². The summed E-state index contributed by atoms with van der Waals surface area (Å²) in [5, 5.41) is 0. The normalized spacial score (nSPS) is 19.1. The fourth-order valence-corrected chi connectivity index (χ4v) is 4.18. The summed E-state index contributed by atoms with van der Waals surface area (Å²) >= 11 is 0. The molecule has 0 amide bonds. The van der Waals surface area contributed by atoms with Gasteiger partial charge in [-0.25, -0.2) is 4.79 Å². The molecule has 1 unspecified atom stereocenters. The third-order valence-corrected chi connectivity index (χ3v) is 7.17. The minimum absolute atomic E-state index is 0.198. The number of methoxy groups -OCH3 is 1. The number of carbonyl (C=O) groups is 2. The fraction of sp³-hybridized carbons (Fsp3) is 0.158. The molecular formula is C19H20B3NO7S. The second-order valence-electron chi connectivity index (χ2n) is 7.64. The van der Waals surface area contributed by atoms with E-state index in [9.17, 15) is 18.0 Å². The highest BCUT2D eigenvalue weighted by Crippen LogP contribution is 2.38. The zero-order chi connectivity index (χ0) is 23.0. The van der Waals surface area contributed by atoms with Crippen LogP contribution in [0, 0.1) is 0 Å². The van der Waals surface area contributed by atoms with Crippen LogP contribution in [0.3, 0.4) is 0 Å². The van der Waals surface area contributed by atoms with Crippen molar-refractivity contribution in [3.05, 3.63) is 82.9 Å². The summed E-state index contributed by atoms with van der Waals surface area (Å²) in [5.74, 6) is -2.43. The topological polar surface area (TPSA) is 122 Å². The summed E-state index contributed by atoms with van der Waals surface area (Å²) in [6.45, 7) is 0. The Bertz CT molecular complexity index is 1180. The predicted octanol–water partition coefficient (Wildman–Crippen LogP) is -1.59. The van der Waals surface area contributed by atoms with Gasteiger partial charge in [-0.1, -0.05) is 42.5 Å². The van der Waals surface area contributed by atoms with Crippen LogP contribution >= 0.6 is 0 Å². The Labute approximate surface area is 183 Å². The van der Waals surface area contributed by atoms with Crippen LogP contribution in [0.5, 0.6) is 0 Å². The predicted molar refractivity (Wildman–Crippen MR) is 121 cm³/mol. The average Bonchev–Trinajstić information content (AvgIpc) is 2.97. The molecule has 158 valence electrons. The van der Waals surface area contributed by atoms with E-state index in [0.29, 0.717) is 11.1 Å². The van der Waals surface area contributed by atoms with E-state index in [4.69, 9.17) is 19.4 Å². The Morgan fingerprint density at radius 2 is 1.77 bits per heavy atom. The summed E-state index contributed by atoms with van der Waals surface area (Å²) in [6.07, 6.45) is 0. The van der Waals surface area contributed by atoms with Crippen LogP contribution in [0.2, 0.25) is 0 Å². The molecule has 0 radical (unpaired) electrons. The van der Waals surface area contributed by atoms with Gasteiger partial charge in [0.2, 0.25) is 17.4 Å². The largest absolute Gasteiger partial charge is 0.467 e. The van der Waals surface area contributed by atoms with Crippen molar-refractivity contribution in [2.45, 2.75) is 10.0 Å². The molecule has 0 saturated carbocycles. The number of carbonyl (C=O) groups excluding carboxylic acids is 2. The Kier molecular flexibility index (Phi) is 5.71. The van der Waals surface area contributed by atoms with Gasteiger partial charge in [0.05, 0.1) is 17.2 Å². The number of hydrogen-bond donors (Lipinski definition) is 1. The lowest BCUT2D eigenvalue weighted by atomic mass is 9.65. The first-order valence-electron chi connectivity index (χ1n) is 9.36. The first kappa shape index (κ1) is 22.5. The lowest BCUT2D eigenvalue weighted by Crippen LogP contribution is -2.40. The molecule has 8 nitrogen and oxygen atoms in total. The van der Waals surface area contributed by atoms with Crippen molar-refractivity contribution in [1.29, 1.82) is 0 Å². The van der Waals surface area contributed by atoms with E-state index in [1.54, 1.807) is 42.5 Å². The molecule has 3 rings (SSSR count). The van der Waals surface area contributed by atoms with Gasteiger partial charge in [-0.2, -0.15) is 8.42 Å². The van der Waals surface area contributed by atoms with Gasteiger partial charge in [0.25, 0.3) is 0 Å². The van der Waals surface area contributed by atoms with E-state index in [-0.39, 0.29) is 5.56 Å². The lowest BCUT2D eigenvalue weighted by Gasteiger charge is -2.26. The summed E-state index contributed by atoms with van der Waals surface area (Å²) in [6, 6.07) is 14.5. The number of Topliss-reactive ketones (excluding diaryl/α,β-unsaturated/α-hetero) is 1. The van der Waals surface area contributed by atoms with Crippen molar-refractivity contribution < 1.29 is 31.7 Å². The van der Waals surface area contributed by atoms with E-state index >= 15 is 0 Å². The van der Waals surface area contributed by atoms with Crippen LogP contribution in [0.1, 0.15) is 21.5 Å². The molecule has 0 fully saturated rings. The van der Waals surface area contributed by atoms with Crippen LogP contribution in [-0.2, 0) is 38.6 Å². The first-order chi connectivity index (χ1) is 14.4. The van der Waals surface area contributed by atoms with Crippen LogP contribution in [0.15, 0.2) is 66.2 Å². The number of hydrogen-bond acceptors (Lipinski definition) is 8. The van der Waals surface area contributed by atoms with Crippen LogP contribution < -0.4 is 5.73 Å². The molecule has 2 aromatic rings. The Balaban J connectivity index is 1.94. The van der Waals surface area contributed by atoms with Crippen LogP contribution in [-0.4, -0.2) is 50.8 Å². The Morgan fingerprint density at radius 1 is 1.13 bits per heavy atom. The molecule has 0 saturated heterocycles. The van der Waals surface area contributed by atoms with Crippen molar-refractivity contribution in [2.24, 2.45) is 5.73 Å². The van der Waals surface area contributed by atoms with Gasteiger partial charge in [0.1, 0.15) is 15.7 Å². The molecule has 1 aliphatic rings. The van der Waals surface area contributed by atoms with E-state index in [1.165, 1.54) is 42.8 Å². The molecule has 0 aliphatic carbocycles. The quantitative estimate of drug-likeness (QED) is 0.325. The molecule has 2 aromatic carbocycles. The summed E-state index contributed by atoms with van der Waals surface area (Å²) < 4.78 is 40.1. The standard InChI is InChI=1S/C19H20B3NO7S/c1-28-17(25)11-6-5-9-13(10-11)18(20)15(24)14(16(23)29-18)30-31(26,27)19(21,22)12-7-3-2-4-8-12/h2-10H,20-23H2,1H3. The van der Waals surface area contributed by atoms with Crippen molar-refractivity contribution in [1.82, 2.24) is 0 Å². The second-order valence-corrected chi connectivity index (χ2v) is 9.74. The number of benzene rings is 2. The molecule has 1 atom stereocenters. The van der Waals surface area contributed by atoms with Gasteiger partial charge in [0, 0.05) is 0 Å². The molecule has 2 N–H and O–H groups in total. The minimum atomic E-state index is -4.33. The minimum Gasteiger partial charge on any atom is -0.467 e. The molecule has 0 spiro atoms. The number of ketones is 1. The molecule has 31 heavy (non-hydrogen) atoms. The zero-order valence-corrected chi connectivity index (χ0v) is 18.4. The molecule has 0 aromatic heterocycles. The smallest absolute Gasteiger partial charge is 0.337 e. The van der Waals surface area contributed by atoms with E-state index in [0.717, 1.165) is 0 Å². The summed E-state index contributed by atoms with van der Waals surface area (Å²) in [4.78, 5) is 25.0. The van der Waals surface area contributed by atoms with Crippen LogP contribution in [0.25, 0.3) is 0 Å². The van der Waals surface area contributed by atoms with E-state index in [1.807, 2.05) is 0 Å². The molecule has 12 heteroatoms. The summed E-state index contributed by atoms with van der Waals surface area (Å²) in [7, 11) is 1.25. The number of rotatable bonds is 6. The van der Waals surface area contributed by atoms with E-state index in [2.05, 4.69) is 0 Å². The van der Waals surface area contributed by atoms with Crippen LogP contribution in [0.4, 0.5) is 0 Å². The number of nitrogens with two attached hydrogens (primary N) is 1. The SMILES string of the molecule is BC1(c2cccc(C(=O)OC)c2)OC(N)=C(OS(=O)(=O)C(B)(B)c2ccccc2)C1=O. The third kappa shape index (κ3) is 3.83. The number of ether oxygens (including phenoxy) is 2. The first-order valence-corrected chi connectivity index (χ1v) is 10.8. The second kappa shape index (κ2) is 7.84. The highest BCUT2D eigenvalue weighted by atomic mass is 32.2. The highest BCUT2D eigenvalue weighted by molar-refractivity contribution is 7.90. The van der Waals surface area contributed by atoms with Crippen molar-refractivity contribution in [3.8, 4) is 0 Å². The molecular weight excluding hydrogens is 419 g/mol. The number of esters is 1. The fourth-order valence-electron chi connectivity index (χ4n) is 3.17. The monoisotopic (exact) mass is 439 g/mol. The zero-order valence-electron chi connectivity index (χ0n) is 17.5. The van der Waals surface area contributed by atoms with E-state index < -0.39 is 43.6 Å². The van der Waals surface area contributed by atoms with Gasteiger partial charge in [-0.15, -0.1) is 0 Å². The molecule has 1 aliphatic heterocycles. The third-order valence-electron chi connectivity index (χ3n) is 5.30. The maximum absolute atomic E-state index is 13.2. The van der Waals surface area contributed by atoms with Gasteiger partial charge in [-0.05, 0) is 23.3 Å². The highest BCUT2D eigenvalue weighted by Gasteiger charge is 2.51. The summed E-state index contributed by atoms with van der Waals surface area (Å²) in [5.41, 5.74) is 5.15. The van der Waals surface area contributed by atoms with Crippen molar-refractivity contribution in [3.63, 3.8) is 0 Å². The molecule has 0 bridgehead atoms. The average molecular weight is 439 g/mol. The Hall–Kier alpha value is -3.14. The molecule has 1 heterocycles. The maximum atomic E-state index is 13.2.